The predicted octanol–water partition coefficient (Wildman–Crippen LogP) is 14.2. The Bertz CT molecular complexity index is 2460. The first-order valence-electron chi connectivity index (χ1n) is 27.0. The lowest BCUT2D eigenvalue weighted by atomic mass is 9.96. The molecule has 0 aromatic heterocycles. The lowest BCUT2D eigenvalue weighted by Gasteiger charge is -2.45. The van der Waals surface area contributed by atoms with E-state index in [9.17, 15) is 19.2 Å². The molecule has 0 unspecified atom stereocenters. The zero-order valence-corrected chi connectivity index (χ0v) is 50.8. The average Bonchev–Trinajstić information content (AvgIpc) is 2.87. The molecule has 0 aliphatic carbocycles. The highest BCUT2D eigenvalue weighted by Crippen LogP contribution is 2.52. The number of benzene rings is 4. The fourth-order valence-corrected chi connectivity index (χ4v) is 9.96. The second kappa shape index (κ2) is 37.2. The quantitative estimate of drug-likeness (QED) is 0.0108. The summed E-state index contributed by atoms with van der Waals surface area (Å²) in [5.74, 6) is -1.12. The normalized spacial score (nSPS) is 17.7. The molecule has 0 bridgehead atoms. The van der Waals surface area contributed by atoms with Crippen molar-refractivity contribution in [1.29, 1.82) is 0 Å². The number of amides is 2. The summed E-state index contributed by atoms with van der Waals surface area (Å²) in [6.07, 6.45) is 2.10. The van der Waals surface area contributed by atoms with Crippen molar-refractivity contribution < 1.29 is 75.2 Å². The smallest absolute Gasteiger partial charge is 0.459 e. The molecule has 18 nitrogen and oxygen atoms in total. The van der Waals surface area contributed by atoms with Crippen molar-refractivity contribution in [3.63, 3.8) is 0 Å². The van der Waals surface area contributed by atoms with Crippen molar-refractivity contribution in [2.75, 3.05) is 33.2 Å². The number of alkyl carbamates (subject to hydrolysis) is 1. The minimum Gasteiger partial charge on any atom is -0.459 e. The SMILES string of the molecule is CCCCCCCCCCCCCC(=O)N[C@@H](CCO[C@@H]1O[C@H](COCOCc2ccccc2)[C@@H](OP(=O)(Oc2ccccc2)Oc2ccccc2)[C@H](OC(=O)OCC(Cl)(Cl)Cl)[C@H]1NC(=O)OCC(Cl)(Cl)Cl)C(=O)OCc1ccccc1. The molecule has 1 fully saturated rings. The molecule has 452 valence electrons. The molecule has 1 aliphatic heterocycles. The number of rotatable bonds is 36. The number of carbonyl (C=O) groups excluding carboxylic acids is 4. The molecular formula is C57H71Cl6N2O16P. The lowest BCUT2D eigenvalue weighted by Crippen LogP contribution is -2.66. The number of halogens is 6. The van der Waals surface area contributed by atoms with Crippen LogP contribution in [0, 0.1) is 0 Å². The maximum Gasteiger partial charge on any atom is 0.588 e. The van der Waals surface area contributed by atoms with Crippen LogP contribution in [0.5, 0.6) is 11.5 Å². The zero-order chi connectivity index (χ0) is 59.1. The number of hydrogen-bond acceptors (Lipinski definition) is 16. The van der Waals surface area contributed by atoms with Gasteiger partial charge in [-0.1, -0.05) is 238 Å². The highest BCUT2D eigenvalue weighted by molar-refractivity contribution is 7.49. The number of para-hydroxylation sites is 2. The molecular weight excluding hydrogens is 1210 g/mol. The van der Waals surface area contributed by atoms with Gasteiger partial charge in [-0.2, -0.15) is 0 Å². The summed E-state index contributed by atoms with van der Waals surface area (Å²) in [4.78, 5) is 55.0. The number of phosphoric acid groups is 1. The van der Waals surface area contributed by atoms with Gasteiger partial charge in [0.1, 0.15) is 62.4 Å². The molecule has 2 N–H and O–H groups in total. The van der Waals surface area contributed by atoms with E-state index in [1.54, 1.807) is 60.7 Å². The van der Waals surface area contributed by atoms with Crippen molar-refractivity contribution >= 4 is 102 Å². The van der Waals surface area contributed by atoms with Gasteiger partial charge in [0.25, 0.3) is 0 Å². The molecule has 82 heavy (non-hydrogen) atoms. The monoisotopic (exact) mass is 1280 g/mol. The third-order valence-electron chi connectivity index (χ3n) is 12.2. The van der Waals surface area contributed by atoms with Crippen LogP contribution >= 0.6 is 77.4 Å². The topological polar surface area (TPSA) is 211 Å². The third kappa shape index (κ3) is 28.1. The van der Waals surface area contributed by atoms with Crippen LogP contribution in [0.25, 0.3) is 0 Å². The Morgan fingerprint density at radius 3 is 1.68 bits per heavy atom. The number of carbonyl (C=O) groups is 4. The van der Waals surface area contributed by atoms with Crippen LogP contribution in [0.3, 0.4) is 0 Å². The fourth-order valence-electron chi connectivity index (χ4n) is 8.20. The van der Waals surface area contributed by atoms with E-state index in [0.717, 1.165) is 31.2 Å². The molecule has 6 atom stereocenters. The largest absolute Gasteiger partial charge is 0.588 e. The summed E-state index contributed by atoms with van der Waals surface area (Å²) in [5, 5.41) is 5.31. The number of alkyl halides is 6. The van der Waals surface area contributed by atoms with Gasteiger partial charge in [0.05, 0.1) is 19.8 Å². The first kappa shape index (κ1) is 68.5. The Kier molecular flexibility index (Phi) is 31.1. The maximum absolute atomic E-state index is 15.2. The van der Waals surface area contributed by atoms with E-state index in [1.165, 1.54) is 62.8 Å². The van der Waals surface area contributed by atoms with Crippen molar-refractivity contribution in [2.24, 2.45) is 0 Å². The van der Waals surface area contributed by atoms with Crippen LogP contribution in [0.2, 0.25) is 0 Å². The number of nitrogens with one attached hydrogen (secondary N) is 2. The lowest BCUT2D eigenvalue weighted by molar-refractivity contribution is -0.274. The molecule has 4 aromatic rings. The Morgan fingerprint density at radius 2 is 1.13 bits per heavy atom. The Labute approximate surface area is 509 Å². The number of hydrogen-bond donors (Lipinski definition) is 2. The average molecular weight is 1280 g/mol. The minimum absolute atomic E-state index is 0.0223. The Hall–Kier alpha value is -4.27. The predicted molar refractivity (Wildman–Crippen MR) is 312 cm³/mol. The van der Waals surface area contributed by atoms with Gasteiger partial charge in [-0.3, -0.25) is 9.32 Å². The molecule has 1 saturated heterocycles. The summed E-state index contributed by atoms with van der Waals surface area (Å²) in [5.41, 5.74) is 1.53. The summed E-state index contributed by atoms with van der Waals surface area (Å²) in [6, 6.07) is 30.9. The van der Waals surface area contributed by atoms with Crippen LogP contribution < -0.4 is 19.7 Å². The van der Waals surface area contributed by atoms with E-state index in [-0.39, 0.29) is 44.3 Å². The van der Waals surface area contributed by atoms with Crippen LogP contribution in [-0.2, 0) is 69.8 Å². The molecule has 25 heteroatoms. The zero-order valence-electron chi connectivity index (χ0n) is 45.4. The van der Waals surface area contributed by atoms with E-state index in [0.29, 0.717) is 12.0 Å². The van der Waals surface area contributed by atoms with Crippen LogP contribution in [0.4, 0.5) is 9.59 Å². The van der Waals surface area contributed by atoms with Gasteiger partial charge >= 0.3 is 26.0 Å². The molecule has 0 radical (unpaired) electrons. The maximum atomic E-state index is 15.2. The van der Waals surface area contributed by atoms with Gasteiger partial charge in [-0.25, -0.2) is 18.9 Å². The van der Waals surface area contributed by atoms with E-state index in [4.69, 9.17) is 121 Å². The molecule has 1 heterocycles. The fraction of sp³-hybridized carbons (Fsp3) is 0.509. The first-order valence-corrected chi connectivity index (χ1v) is 30.8. The molecule has 0 spiro atoms. The van der Waals surface area contributed by atoms with Gasteiger partial charge in [-0.15, -0.1) is 0 Å². The van der Waals surface area contributed by atoms with Crippen molar-refractivity contribution in [3.8, 4) is 11.5 Å². The molecule has 2 amide bonds. The summed E-state index contributed by atoms with van der Waals surface area (Å²) in [7, 11) is -4.99. The number of phosphoric ester groups is 1. The second-order valence-corrected chi connectivity index (χ2v) is 25.5. The van der Waals surface area contributed by atoms with Crippen molar-refractivity contribution in [2.45, 2.75) is 148 Å². The van der Waals surface area contributed by atoms with E-state index in [2.05, 4.69) is 17.6 Å². The van der Waals surface area contributed by atoms with Crippen LogP contribution in [-0.4, -0.2) is 102 Å². The standard InChI is InChI=1S/C57H71Cl6N2O16P/c1-2-3-4-5-6-7-8-9-10-11-24-33-48(66)64-46(52(67)74-37-43-27-18-13-19-28-43)34-35-73-53-49(65-54(68)75-39-56(58,59)60)51(78-55(69)76-40-57(61,62)63)50(47(77-53)38-72-41-71-36-42-25-16-12-17-26-42)81-82(70,79-44-29-20-14-21-30-44)80-45-31-22-15-23-32-45/h12-23,25-32,46-47,49-51,53H,2-11,24,33-41H2,1H3,(H,64,66)(H,65,68)/t46-,47+,49+,50+,51+,53+/m0/s1. The van der Waals surface area contributed by atoms with Crippen LogP contribution in [0.15, 0.2) is 121 Å². The van der Waals surface area contributed by atoms with E-state index >= 15 is 4.57 Å². The Balaban J connectivity index is 1.46. The van der Waals surface area contributed by atoms with Gasteiger partial charge in [0, 0.05) is 12.8 Å². The summed E-state index contributed by atoms with van der Waals surface area (Å²) < 4.78 is 76.0. The van der Waals surface area contributed by atoms with E-state index < -0.39 is 103 Å². The highest BCUT2D eigenvalue weighted by Gasteiger charge is 2.55. The number of esters is 1. The van der Waals surface area contributed by atoms with Crippen molar-refractivity contribution in [3.05, 3.63) is 132 Å². The summed E-state index contributed by atoms with van der Waals surface area (Å²) in [6.45, 7) is -0.632. The van der Waals surface area contributed by atoms with Gasteiger partial charge < -0.3 is 57.6 Å². The third-order valence-corrected chi connectivity index (χ3v) is 14.2. The minimum atomic E-state index is -4.99. The summed E-state index contributed by atoms with van der Waals surface area (Å²) >= 11 is 35.7. The van der Waals surface area contributed by atoms with Gasteiger partial charge in [0.2, 0.25) is 13.5 Å². The van der Waals surface area contributed by atoms with Gasteiger partial charge in [0.15, 0.2) is 12.4 Å². The van der Waals surface area contributed by atoms with Crippen molar-refractivity contribution in [1.82, 2.24) is 10.6 Å². The Morgan fingerprint density at radius 1 is 0.622 bits per heavy atom. The first-order chi connectivity index (χ1) is 39.4. The molecule has 5 rings (SSSR count). The van der Waals surface area contributed by atoms with Gasteiger partial charge in [-0.05, 0) is 41.8 Å². The van der Waals surface area contributed by atoms with Crippen LogP contribution in [0.1, 0.15) is 102 Å². The number of ether oxygens (including phenoxy) is 8. The highest BCUT2D eigenvalue weighted by atomic mass is 35.6. The number of unbranched alkanes of at least 4 members (excludes halogenated alkanes) is 10. The molecule has 0 saturated carbocycles. The molecule has 1 aliphatic rings. The second-order valence-electron chi connectivity index (χ2n) is 18.9. The molecule has 4 aromatic carbocycles. The van der Waals surface area contributed by atoms with E-state index in [1.807, 2.05) is 36.4 Å².